The molecule has 3 N–H and O–H groups in total. The van der Waals surface area contributed by atoms with Crippen LogP contribution in [0.2, 0.25) is 0 Å². The van der Waals surface area contributed by atoms with Crippen molar-refractivity contribution in [2.45, 2.75) is 50.3 Å². The van der Waals surface area contributed by atoms with Gasteiger partial charge in [-0.25, -0.2) is 0 Å². The molecule has 1 saturated carbocycles. The molecular weight excluding hydrogens is 344 g/mol. The third-order valence-electron chi connectivity index (χ3n) is 5.01. The van der Waals surface area contributed by atoms with Crippen molar-refractivity contribution in [1.82, 2.24) is 5.32 Å². The number of ether oxygens (including phenoxy) is 1. The molecule has 1 amide bonds. The zero-order valence-corrected chi connectivity index (χ0v) is 14.4. The molecule has 120 valence electrons. The highest BCUT2D eigenvalue weighted by atomic mass is 79.9. The fourth-order valence-electron chi connectivity index (χ4n) is 3.60. The molecule has 4 atom stereocenters. The van der Waals surface area contributed by atoms with Crippen molar-refractivity contribution in [2.24, 2.45) is 11.7 Å². The third-order valence-corrected chi connectivity index (χ3v) is 5.54. The Kier molecular flexibility index (Phi) is 4.57. The van der Waals surface area contributed by atoms with Crippen molar-refractivity contribution in [1.29, 1.82) is 0 Å². The van der Waals surface area contributed by atoms with E-state index < -0.39 is 5.54 Å². The van der Waals surface area contributed by atoms with E-state index in [1.165, 1.54) is 0 Å². The first-order valence-corrected chi connectivity index (χ1v) is 8.75. The Hall–Kier alpha value is -0.910. The van der Waals surface area contributed by atoms with Gasteiger partial charge in [-0.15, -0.1) is 0 Å². The summed E-state index contributed by atoms with van der Waals surface area (Å²) in [7, 11) is 0. The first kappa shape index (κ1) is 16.0. The number of hydrogen-bond donors (Lipinski definition) is 2. The first-order valence-electron chi connectivity index (χ1n) is 7.96. The summed E-state index contributed by atoms with van der Waals surface area (Å²) in [5, 5.41) is 3.19. The highest BCUT2D eigenvalue weighted by molar-refractivity contribution is 9.10. The summed E-state index contributed by atoms with van der Waals surface area (Å²) < 4.78 is 6.74. The molecule has 4 unspecified atom stereocenters. The summed E-state index contributed by atoms with van der Waals surface area (Å²) in [5.41, 5.74) is 6.13. The van der Waals surface area contributed by atoms with Crippen molar-refractivity contribution in [3.8, 4) is 0 Å². The van der Waals surface area contributed by atoms with E-state index in [2.05, 4.69) is 21.2 Å². The van der Waals surface area contributed by atoms with Crippen LogP contribution in [0.15, 0.2) is 28.7 Å². The Morgan fingerprint density at radius 2 is 2.05 bits per heavy atom. The van der Waals surface area contributed by atoms with Crippen LogP contribution in [0.3, 0.4) is 0 Å². The number of halogens is 1. The number of fused-ring (bicyclic) bond motifs is 1. The average molecular weight is 367 g/mol. The normalized spacial score (nSPS) is 30.4. The van der Waals surface area contributed by atoms with Crippen molar-refractivity contribution >= 4 is 21.8 Å². The van der Waals surface area contributed by atoms with Gasteiger partial charge in [-0.2, -0.15) is 0 Å². The van der Waals surface area contributed by atoms with E-state index in [-0.39, 0.29) is 11.9 Å². The molecule has 3 rings (SSSR count). The highest BCUT2D eigenvalue weighted by Gasteiger charge is 2.40. The molecule has 1 aromatic carbocycles. The molecule has 2 aliphatic rings. The molecule has 0 spiro atoms. The van der Waals surface area contributed by atoms with Gasteiger partial charge in [0.1, 0.15) is 5.54 Å². The summed E-state index contributed by atoms with van der Waals surface area (Å²) in [5.74, 6) is 0.339. The van der Waals surface area contributed by atoms with Crippen LogP contribution >= 0.6 is 15.9 Å². The van der Waals surface area contributed by atoms with Gasteiger partial charge in [0, 0.05) is 23.0 Å². The van der Waals surface area contributed by atoms with Crippen molar-refractivity contribution in [3.63, 3.8) is 0 Å². The van der Waals surface area contributed by atoms with Crippen LogP contribution < -0.4 is 11.1 Å². The van der Waals surface area contributed by atoms with E-state index in [0.717, 1.165) is 42.3 Å². The molecule has 1 saturated heterocycles. The number of carbonyl (C=O) groups is 1. The van der Waals surface area contributed by atoms with Crippen LogP contribution in [0.25, 0.3) is 0 Å². The molecule has 5 heteroatoms. The summed E-state index contributed by atoms with van der Waals surface area (Å²) in [6.45, 7) is 2.59. The van der Waals surface area contributed by atoms with Crippen molar-refractivity contribution in [3.05, 3.63) is 34.3 Å². The van der Waals surface area contributed by atoms with Gasteiger partial charge in [-0.05, 0) is 50.3 Å². The van der Waals surface area contributed by atoms with Gasteiger partial charge in [-0.3, -0.25) is 4.79 Å². The molecule has 0 bridgehead atoms. The minimum atomic E-state index is -1.02. The maximum atomic E-state index is 12.7. The molecule has 4 nitrogen and oxygen atoms in total. The molecule has 2 fully saturated rings. The maximum absolute atomic E-state index is 12.7. The second-order valence-corrected chi connectivity index (χ2v) is 7.50. The molecule has 1 aliphatic carbocycles. The molecular formula is C17H23BrN2O2. The highest BCUT2D eigenvalue weighted by Crippen LogP contribution is 2.35. The Labute approximate surface area is 139 Å². The lowest BCUT2D eigenvalue weighted by Crippen LogP contribution is -2.55. The zero-order chi connectivity index (χ0) is 15.7. The van der Waals surface area contributed by atoms with Gasteiger partial charge in [0.05, 0.1) is 6.10 Å². The lowest BCUT2D eigenvalue weighted by molar-refractivity contribution is -0.127. The van der Waals surface area contributed by atoms with E-state index >= 15 is 0 Å². The molecule has 0 aromatic heterocycles. The average Bonchev–Trinajstić information content (AvgIpc) is 2.97. The topological polar surface area (TPSA) is 64.4 Å². The predicted octanol–water partition coefficient (Wildman–Crippen LogP) is 2.70. The van der Waals surface area contributed by atoms with Crippen LogP contribution in [0.5, 0.6) is 0 Å². The third kappa shape index (κ3) is 3.07. The lowest BCUT2D eigenvalue weighted by atomic mass is 9.81. The quantitative estimate of drug-likeness (QED) is 0.864. The van der Waals surface area contributed by atoms with E-state index in [1.54, 1.807) is 6.92 Å². The standard InChI is InChI=1S/C17H23BrN2O2/c1-17(19,11-5-7-12(18)8-6-11)16(21)20-14-3-2-4-15-13(14)9-10-22-15/h5-8,13-15H,2-4,9-10,19H2,1H3,(H,20,21). The largest absolute Gasteiger partial charge is 0.378 e. The van der Waals surface area contributed by atoms with Gasteiger partial charge < -0.3 is 15.8 Å². The maximum Gasteiger partial charge on any atom is 0.244 e. The Balaban J connectivity index is 1.71. The first-order chi connectivity index (χ1) is 10.5. The molecule has 0 radical (unpaired) electrons. The Bertz CT molecular complexity index is 544. The number of rotatable bonds is 3. The minimum Gasteiger partial charge on any atom is -0.378 e. The number of carbonyl (C=O) groups excluding carboxylic acids is 1. The SMILES string of the molecule is CC(N)(C(=O)NC1CCCC2OCCC12)c1ccc(Br)cc1. The fourth-order valence-corrected chi connectivity index (χ4v) is 3.86. The monoisotopic (exact) mass is 366 g/mol. The van der Waals surface area contributed by atoms with Crippen LogP contribution in [0.1, 0.15) is 38.2 Å². The minimum absolute atomic E-state index is 0.104. The molecule has 1 aromatic rings. The van der Waals surface area contributed by atoms with Crippen LogP contribution in [-0.2, 0) is 15.1 Å². The fraction of sp³-hybridized carbons (Fsp3) is 0.588. The predicted molar refractivity (Wildman–Crippen MR) is 89.3 cm³/mol. The van der Waals surface area contributed by atoms with Gasteiger partial charge in [-0.1, -0.05) is 28.1 Å². The summed E-state index contributed by atoms with van der Waals surface area (Å²) in [4.78, 5) is 12.7. The number of amides is 1. The van der Waals surface area contributed by atoms with E-state index in [9.17, 15) is 4.79 Å². The summed E-state index contributed by atoms with van der Waals surface area (Å²) in [6.07, 6.45) is 4.59. The van der Waals surface area contributed by atoms with Crippen molar-refractivity contribution < 1.29 is 9.53 Å². The number of benzene rings is 1. The second kappa shape index (κ2) is 6.30. The molecule has 1 aliphatic heterocycles. The van der Waals surface area contributed by atoms with E-state index in [0.29, 0.717) is 12.0 Å². The van der Waals surface area contributed by atoms with Gasteiger partial charge >= 0.3 is 0 Å². The summed E-state index contributed by atoms with van der Waals surface area (Å²) >= 11 is 3.40. The lowest BCUT2D eigenvalue weighted by Gasteiger charge is -2.35. The number of nitrogens with two attached hydrogens (primary N) is 1. The molecule has 22 heavy (non-hydrogen) atoms. The summed E-state index contributed by atoms with van der Waals surface area (Å²) in [6, 6.07) is 7.80. The smallest absolute Gasteiger partial charge is 0.244 e. The van der Waals surface area contributed by atoms with E-state index in [1.807, 2.05) is 24.3 Å². The Morgan fingerprint density at radius 3 is 2.77 bits per heavy atom. The Morgan fingerprint density at radius 1 is 1.32 bits per heavy atom. The van der Waals surface area contributed by atoms with Gasteiger partial charge in [0.25, 0.3) is 0 Å². The van der Waals surface area contributed by atoms with E-state index in [4.69, 9.17) is 10.5 Å². The van der Waals surface area contributed by atoms with Gasteiger partial charge in [0.15, 0.2) is 0 Å². The number of hydrogen-bond acceptors (Lipinski definition) is 3. The van der Waals surface area contributed by atoms with Crippen molar-refractivity contribution in [2.75, 3.05) is 6.61 Å². The number of nitrogens with one attached hydrogen (secondary N) is 1. The van der Waals surface area contributed by atoms with Crippen LogP contribution in [0.4, 0.5) is 0 Å². The molecule has 1 heterocycles. The second-order valence-electron chi connectivity index (χ2n) is 6.58. The van der Waals surface area contributed by atoms with Gasteiger partial charge in [0.2, 0.25) is 5.91 Å². The van der Waals surface area contributed by atoms with Crippen LogP contribution in [0, 0.1) is 5.92 Å². The zero-order valence-electron chi connectivity index (χ0n) is 12.8. The van der Waals surface area contributed by atoms with Crippen LogP contribution in [-0.4, -0.2) is 24.7 Å².